The molecule has 3 rings (SSSR count). The maximum Gasteiger partial charge on any atom is 0.330 e. The van der Waals surface area contributed by atoms with Crippen LogP contribution in [-0.2, 0) is 11.4 Å². The van der Waals surface area contributed by atoms with Crippen LogP contribution in [0.2, 0.25) is 10.0 Å². The largest absolute Gasteiger partial charge is 0.487 e. The summed E-state index contributed by atoms with van der Waals surface area (Å²) in [5.41, 5.74) is 0.648. The fourth-order valence-electron chi connectivity index (χ4n) is 2.29. The molecule has 1 fully saturated rings. The molecule has 2 heterocycles. The second-order valence-corrected chi connectivity index (χ2v) is 6.01. The van der Waals surface area contributed by atoms with Crippen molar-refractivity contribution in [2.45, 2.75) is 12.6 Å². The van der Waals surface area contributed by atoms with Gasteiger partial charge in [-0.15, -0.1) is 0 Å². The van der Waals surface area contributed by atoms with Crippen molar-refractivity contribution in [1.82, 2.24) is 10.3 Å². The molecule has 0 radical (unpaired) electrons. The molecule has 0 aliphatic carbocycles. The topological polar surface area (TPSA) is 91.8 Å². The van der Waals surface area contributed by atoms with E-state index in [-0.39, 0.29) is 12.4 Å². The Hall–Kier alpha value is -2.35. The van der Waals surface area contributed by atoms with E-state index >= 15 is 0 Å². The first kappa shape index (κ1) is 17.5. The van der Waals surface area contributed by atoms with Crippen LogP contribution < -0.4 is 15.0 Å². The highest BCUT2D eigenvalue weighted by Gasteiger charge is 2.39. The van der Waals surface area contributed by atoms with Crippen molar-refractivity contribution < 1.29 is 19.4 Å². The molecule has 1 atom stereocenters. The lowest BCUT2D eigenvalue weighted by molar-refractivity contribution is -0.119. The van der Waals surface area contributed by atoms with Crippen LogP contribution in [-0.4, -0.2) is 34.7 Å². The Kier molecular flexibility index (Phi) is 5.08. The number of carbonyl (C=O) groups is 2. The predicted octanol–water partition coefficient (Wildman–Crippen LogP) is 2.38. The van der Waals surface area contributed by atoms with Crippen LogP contribution in [0.25, 0.3) is 0 Å². The van der Waals surface area contributed by atoms with E-state index in [9.17, 15) is 9.59 Å². The number of nitrogens with one attached hydrogen (secondary N) is 1. The molecule has 1 aromatic carbocycles. The minimum Gasteiger partial charge on any atom is -0.487 e. The molecular weight excluding hydrogens is 369 g/mol. The van der Waals surface area contributed by atoms with Crippen LogP contribution in [0.3, 0.4) is 0 Å². The van der Waals surface area contributed by atoms with Gasteiger partial charge in [-0.25, -0.2) is 14.7 Å². The number of carbonyl (C=O) groups excluding carboxylic acids is 2. The Labute approximate surface area is 153 Å². The molecule has 0 spiro atoms. The summed E-state index contributed by atoms with van der Waals surface area (Å²) < 4.78 is 5.59. The molecule has 0 bridgehead atoms. The molecule has 2 N–H and O–H groups in total. The summed E-state index contributed by atoms with van der Waals surface area (Å²) >= 11 is 12.2. The van der Waals surface area contributed by atoms with Gasteiger partial charge in [0.15, 0.2) is 0 Å². The average molecular weight is 382 g/mol. The lowest BCUT2D eigenvalue weighted by Crippen LogP contribution is -2.33. The predicted molar refractivity (Wildman–Crippen MR) is 91.9 cm³/mol. The molecular formula is C16H13Cl2N3O4. The van der Waals surface area contributed by atoms with Crippen molar-refractivity contribution in [3.8, 4) is 5.75 Å². The summed E-state index contributed by atoms with van der Waals surface area (Å²) in [6.45, 7) is -0.323. The highest BCUT2D eigenvalue weighted by molar-refractivity contribution is 6.35. The van der Waals surface area contributed by atoms with E-state index < -0.39 is 24.6 Å². The number of rotatable bonds is 5. The molecule has 0 unspecified atom stereocenters. The van der Waals surface area contributed by atoms with Gasteiger partial charge in [-0.3, -0.25) is 4.79 Å². The number of ether oxygens (including phenoxy) is 1. The number of halogens is 2. The van der Waals surface area contributed by atoms with Crippen molar-refractivity contribution in [2.24, 2.45) is 0 Å². The second kappa shape index (κ2) is 7.26. The first-order valence-corrected chi connectivity index (χ1v) is 8.04. The standard InChI is InChI=1S/C16H13Cl2N3O4/c17-11-2-1-3-12(18)10(11)8-25-9-4-5-14(19-6-9)21-15(23)13(7-22)20-16(21)24/h1-6,13,22H,7-8H2,(H,20,24)/t13-/m1/s1. The van der Waals surface area contributed by atoms with Crippen LogP contribution in [0.1, 0.15) is 5.56 Å². The number of urea groups is 1. The summed E-state index contributed by atoms with van der Waals surface area (Å²) in [7, 11) is 0. The lowest BCUT2D eigenvalue weighted by atomic mass is 10.2. The van der Waals surface area contributed by atoms with E-state index in [1.165, 1.54) is 12.3 Å². The number of aliphatic hydroxyl groups excluding tert-OH is 1. The number of anilines is 1. The minimum atomic E-state index is -0.951. The van der Waals surface area contributed by atoms with Gasteiger partial charge in [0.1, 0.15) is 24.2 Å². The minimum absolute atomic E-state index is 0.140. The van der Waals surface area contributed by atoms with E-state index in [2.05, 4.69) is 10.3 Å². The molecule has 3 amide bonds. The summed E-state index contributed by atoms with van der Waals surface area (Å²) in [5.74, 6) is 0.00333. The number of nitrogens with zero attached hydrogens (tertiary/aromatic N) is 2. The van der Waals surface area contributed by atoms with E-state index in [0.717, 1.165) is 4.90 Å². The Bertz CT molecular complexity index is 793. The average Bonchev–Trinajstić information content (AvgIpc) is 2.89. The third kappa shape index (κ3) is 3.53. The van der Waals surface area contributed by atoms with Gasteiger partial charge in [-0.05, 0) is 24.3 Å². The molecule has 130 valence electrons. The van der Waals surface area contributed by atoms with Gasteiger partial charge in [-0.2, -0.15) is 0 Å². The number of amides is 3. The van der Waals surface area contributed by atoms with Gasteiger partial charge in [0.05, 0.1) is 12.8 Å². The first-order valence-electron chi connectivity index (χ1n) is 7.28. The zero-order chi connectivity index (χ0) is 18.0. The molecule has 1 aliphatic heterocycles. The maximum atomic E-state index is 12.0. The van der Waals surface area contributed by atoms with Crippen molar-refractivity contribution >= 4 is 41.0 Å². The van der Waals surface area contributed by atoms with Gasteiger partial charge >= 0.3 is 6.03 Å². The number of aromatic nitrogens is 1. The van der Waals surface area contributed by atoms with Gasteiger partial charge in [0, 0.05) is 15.6 Å². The third-order valence-electron chi connectivity index (χ3n) is 3.60. The van der Waals surface area contributed by atoms with Crippen LogP contribution in [0.4, 0.5) is 10.6 Å². The highest BCUT2D eigenvalue weighted by Crippen LogP contribution is 2.26. The lowest BCUT2D eigenvalue weighted by Gasteiger charge is -2.13. The number of hydrogen-bond acceptors (Lipinski definition) is 5. The van der Waals surface area contributed by atoms with E-state index in [0.29, 0.717) is 21.4 Å². The molecule has 25 heavy (non-hydrogen) atoms. The normalized spacial score (nSPS) is 16.9. The number of imide groups is 1. The smallest absolute Gasteiger partial charge is 0.330 e. The number of hydrogen-bond donors (Lipinski definition) is 2. The van der Waals surface area contributed by atoms with Crippen molar-refractivity contribution in [3.05, 3.63) is 52.1 Å². The van der Waals surface area contributed by atoms with Crippen LogP contribution in [0.15, 0.2) is 36.5 Å². The SMILES string of the molecule is O=C1N[C@H](CO)C(=O)N1c1ccc(OCc2c(Cl)cccc2Cl)cn1. The summed E-state index contributed by atoms with van der Waals surface area (Å²) in [4.78, 5) is 28.7. The Morgan fingerprint density at radius 3 is 2.48 bits per heavy atom. The van der Waals surface area contributed by atoms with Gasteiger partial charge in [-0.1, -0.05) is 29.3 Å². The second-order valence-electron chi connectivity index (χ2n) is 5.20. The van der Waals surface area contributed by atoms with Gasteiger partial charge < -0.3 is 15.2 Å². The quantitative estimate of drug-likeness (QED) is 0.775. The summed E-state index contributed by atoms with van der Waals surface area (Å²) in [5, 5.41) is 12.4. The van der Waals surface area contributed by atoms with Crippen LogP contribution in [0.5, 0.6) is 5.75 Å². The Balaban J connectivity index is 1.71. The maximum absolute atomic E-state index is 12.0. The Morgan fingerprint density at radius 2 is 1.92 bits per heavy atom. The Morgan fingerprint density at radius 1 is 1.20 bits per heavy atom. The summed E-state index contributed by atoms with van der Waals surface area (Å²) in [6, 6.07) is 6.62. The van der Waals surface area contributed by atoms with Crippen molar-refractivity contribution in [1.29, 1.82) is 0 Å². The zero-order valence-corrected chi connectivity index (χ0v) is 14.3. The first-order chi connectivity index (χ1) is 12.0. The van der Waals surface area contributed by atoms with Gasteiger partial charge in [0.25, 0.3) is 5.91 Å². The monoisotopic (exact) mass is 381 g/mol. The van der Waals surface area contributed by atoms with Gasteiger partial charge in [0.2, 0.25) is 0 Å². The fraction of sp³-hybridized carbons (Fsp3) is 0.188. The van der Waals surface area contributed by atoms with E-state index in [4.69, 9.17) is 33.0 Å². The summed E-state index contributed by atoms with van der Waals surface area (Å²) in [6.07, 6.45) is 1.38. The molecule has 1 aliphatic rings. The molecule has 0 saturated carbocycles. The van der Waals surface area contributed by atoms with E-state index in [1.54, 1.807) is 24.3 Å². The fourth-order valence-corrected chi connectivity index (χ4v) is 2.79. The molecule has 1 saturated heterocycles. The third-order valence-corrected chi connectivity index (χ3v) is 4.30. The highest BCUT2D eigenvalue weighted by atomic mass is 35.5. The zero-order valence-electron chi connectivity index (χ0n) is 12.8. The van der Waals surface area contributed by atoms with Crippen molar-refractivity contribution in [3.63, 3.8) is 0 Å². The molecule has 1 aromatic heterocycles. The van der Waals surface area contributed by atoms with Crippen molar-refractivity contribution in [2.75, 3.05) is 11.5 Å². The number of pyridine rings is 1. The van der Waals surface area contributed by atoms with Crippen LogP contribution >= 0.6 is 23.2 Å². The molecule has 9 heteroatoms. The van der Waals surface area contributed by atoms with E-state index in [1.807, 2.05) is 0 Å². The van der Waals surface area contributed by atoms with Crippen LogP contribution in [0, 0.1) is 0 Å². The molecule has 7 nitrogen and oxygen atoms in total. The number of benzene rings is 1. The number of aliphatic hydroxyl groups is 1. The molecule has 2 aromatic rings.